The highest BCUT2D eigenvalue weighted by atomic mass is 16.4. The van der Waals surface area contributed by atoms with E-state index in [1.54, 1.807) is 13.0 Å². The maximum Gasteiger partial charge on any atom is 0.335 e. The van der Waals surface area contributed by atoms with E-state index in [-0.39, 0.29) is 41.0 Å². The number of hydrogen-bond donors (Lipinski definition) is 3. The van der Waals surface area contributed by atoms with Crippen LogP contribution in [-0.4, -0.2) is 38.9 Å². The molecule has 6 nitrogen and oxygen atoms in total. The van der Waals surface area contributed by atoms with Crippen molar-refractivity contribution in [1.29, 1.82) is 0 Å². The van der Waals surface area contributed by atoms with Crippen LogP contribution in [0.3, 0.4) is 0 Å². The minimum atomic E-state index is -1.20. The van der Waals surface area contributed by atoms with E-state index < -0.39 is 22.7 Å². The molecule has 0 spiro atoms. The molecule has 164 valence electrons. The minimum Gasteiger partial charge on any atom is -0.431 e. The molecule has 0 saturated heterocycles. The van der Waals surface area contributed by atoms with E-state index in [4.69, 9.17) is 4.42 Å². The third-order valence-corrected chi connectivity index (χ3v) is 9.80. The van der Waals surface area contributed by atoms with Gasteiger partial charge in [0.15, 0.2) is 5.78 Å². The Morgan fingerprint density at radius 3 is 2.50 bits per heavy atom. The molecule has 6 heteroatoms. The van der Waals surface area contributed by atoms with Crippen molar-refractivity contribution in [3.63, 3.8) is 0 Å². The van der Waals surface area contributed by atoms with Gasteiger partial charge in [-0.15, -0.1) is 0 Å². The quantitative estimate of drug-likeness (QED) is 0.649. The number of carbonyl (C=O) groups excluding carboxylic acids is 1. The lowest BCUT2D eigenvalue weighted by Gasteiger charge is -2.64. The first kappa shape index (κ1) is 20.4. The maximum absolute atomic E-state index is 13.8. The maximum atomic E-state index is 13.8. The van der Waals surface area contributed by atoms with Crippen LogP contribution in [0, 0.1) is 28.6 Å². The van der Waals surface area contributed by atoms with E-state index in [2.05, 4.69) is 6.92 Å². The van der Waals surface area contributed by atoms with Gasteiger partial charge in [0.25, 0.3) is 0 Å². The average molecular weight is 417 g/mol. The van der Waals surface area contributed by atoms with Crippen molar-refractivity contribution in [3.8, 4) is 0 Å². The third-order valence-electron chi connectivity index (χ3n) is 9.80. The summed E-state index contributed by atoms with van der Waals surface area (Å²) in [5.41, 5.74) is -2.29. The van der Waals surface area contributed by atoms with Crippen LogP contribution >= 0.6 is 0 Å². The highest BCUT2D eigenvalue weighted by Crippen LogP contribution is 2.69. The summed E-state index contributed by atoms with van der Waals surface area (Å²) in [6, 6.07) is 3.03. The van der Waals surface area contributed by atoms with Crippen molar-refractivity contribution < 1.29 is 24.5 Å². The molecule has 9 atom stereocenters. The molecule has 0 bridgehead atoms. The first-order valence-electron chi connectivity index (χ1n) is 11.3. The lowest BCUT2D eigenvalue weighted by molar-refractivity contribution is -0.228. The molecule has 1 aromatic rings. The number of hydrogen-bond acceptors (Lipinski definition) is 6. The molecule has 4 aliphatic carbocycles. The second kappa shape index (κ2) is 6.50. The first-order valence-corrected chi connectivity index (χ1v) is 11.3. The molecule has 0 amide bonds. The fraction of sp³-hybridized carbons (Fsp3) is 0.750. The van der Waals surface area contributed by atoms with Crippen molar-refractivity contribution in [2.45, 2.75) is 82.5 Å². The fourth-order valence-corrected chi connectivity index (χ4v) is 8.13. The molecule has 4 fully saturated rings. The van der Waals surface area contributed by atoms with Crippen LogP contribution in [0.15, 0.2) is 27.6 Å². The van der Waals surface area contributed by atoms with Gasteiger partial charge in [-0.05, 0) is 80.8 Å². The van der Waals surface area contributed by atoms with E-state index in [9.17, 15) is 24.9 Å². The predicted octanol–water partition coefficient (Wildman–Crippen LogP) is 2.39. The highest BCUT2D eigenvalue weighted by molar-refractivity contribution is 5.93. The molecule has 0 aromatic carbocycles. The van der Waals surface area contributed by atoms with Gasteiger partial charge < -0.3 is 19.7 Å². The van der Waals surface area contributed by atoms with Crippen LogP contribution in [0.4, 0.5) is 0 Å². The molecule has 4 saturated carbocycles. The summed E-state index contributed by atoms with van der Waals surface area (Å²) in [4.78, 5) is 25.2. The van der Waals surface area contributed by atoms with Crippen LogP contribution < -0.4 is 5.63 Å². The van der Waals surface area contributed by atoms with Gasteiger partial charge in [-0.1, -0.05) is 6.92 Å². The predicted molar refractivity (Wildman–Crippen MR) is 109 cm³/mol. The van der Waals surface area contributed by atoms with Gasteiger partial charge in [-0.25, -0.2) is 4.79 Å². The van der Waals surface area contributed by atoms with Crippen molar-refractivity contribution >= 4 is 5.78 Å². The van der Waals surface area contributed by atoms with Crippen LogP contribution in [0.1, 0.15) is 70.3 Å². The first-order chi connectivity index (χ1) is 14.1. The average Bonchev–Trinajstić information content (AvgIpc) is 3.00. The van der Waals surface area contributed by atoms with Gasteiger partial charge in [0.2, 0.25) is 0 Å². The SMILES string of the molecule is C[C@]12CC[C@@H](O)CC1CCC1C2[C@H](O)C(=O)[C@]2(C)[C@@H](c3ccc(=O)oc3)CC[C@]12O. The Morgan fingerprint density at radius 1 is 1.03 bits per heavy atom. The molecule has 1 heterocycles. The van der Waals surface area contributed by atoms with Gasteiger partial charge in [0.05, 0.1) is 23.4 Å². The molecule has 30 heavy (non-hydrogen) atoms. The van der Waals surface area contributed by atoms with Gasteiger partial charge >= 0.3 is 5.63 Å². The van der Waals surface area contributed by atoms with Crippen LogP contribution in [-0.2, 0) is 4.79 Å². The Kier molecular flexibility index (Phi) is 4.42. The van der Waals surface area contributed by atoms with E-state index >= 15 is 0 Å². The molecule has 0 aliphatic heterocycles. The molecule has 0 radical (unpaired) electrons. The zero-order valence-corrected chi connectivity index (χ0v) is 17.7. The number of rotatable bonds is 1. The summed E-state index contributed by atoms with van der Waals surface area (Å²) in [6.45, 7) is 3.96. The smallest absolute Gasteiger partial charge is 0.335 e. The van der Waals surface area contributed by atoms with Crippen molar-refractivity contribution in [1.82, 2.24) is 0 Å². The normalized spacial score (nSPS) is 50.5. The molecule has 4 aliphatic rings. The van der Waals surface area contributed by atoms with Crippen molar-refractivity contribution in [3.05, 3.63) is 34.4 Å². The Morgan fingerprint density at radius 2 is 1.80 bits per heavy atom. The second-order valence-electron chi connectivity index (χ2n) is 10.8. The minimum absolute atomic E-state index is 0.160. The number of fused-ring (bicyclic) bond motifs is 5. The third kappa shape index (κ3) is 2.41. The summed E-state index contributed by atoms with van der Waals surface area (Å²) in [5.74, 6) is -0.769. The van der Waals surface area contributed by atoms with Crippen molar-refractivity contribution in [2.75, 3.05) is 0 Å². The van der Waals surface area contributed by atoms with E-state index in [1.165, 1.54) is 12.3 Å². The molecular formula is C24H32O6. The number of aliphatic hydroxyl groups is 3. The van der Waals surface area contributed by atoms with Crippen LogP contribution in [0.5, 0.6) is 0 Å². The van der Waals surface area contributed by atoms with Gasteiger partial charge in [0.1, 0.15) is 6.10 Å². The second-order valence-corrected chi connectivity index (χ2v) is 10.8. The highest BCUT2D eigenvalue weighted by Gasteiger charge is 2.73. The van der Waals surface area contributed by atoms with Crippen molar-refractivity contribution in [2.24, 2.45) is 28.6 Å². The Balaban J connectivity index is 1.58. The monoisotopic (exact) mass is 416 g/mol. The van der Waals surface area contributed by atoms with E-state index in [0.717, 1.165) is 24.8 Å². The topological polar surface area (TPSA) is 108 Å². The molecule has 5 rings (SSSR count). The van der Waals surface area contributed by atoms with Crippen LogP contribution in [0.25, 0.3) is 0 Å². The van der Waals surface area contributed by atoms with Gasteiger partial charge in [0, 0.05) is 17.9 Å². The summed E-state index contributed by atoms with van der Waals surface area (Å²) in [5, 5.41) is 33.7. The summed E-state index contributed by atoms with van der Waals surface area (Å²) < 4.78 is 5.06. The van der Waals surface area contributed by atoms with E-state index in [0.29, 0.717) is 25.7 Å². The lowest BCUT2D eigenvalue weighted by Crippen LogP contribution is -2.70. The summed E-state index contributed by atoms with van der Waals surface area (Å²) in [6.07, 6.45) is 4.88. The fourth-order valence-electron chi connectivity index (χ4n) is 8.13. The molecular weight excluding hydrogens is 384 g/mol. The van der Waals surface area contributed by atoms with E-state index in [1.807, 2.05) is 0 Å². The zero-order valence-electron chi connectivity index (χ0n) is 17.7. The molecule has 1 aromatic heterocycles. The standard InChI is InChI=1S/C24H32O6/c1-22-9-7-15(25)11-14(22)4-5-17-19(22)20(27)21(28)23(2)16(8-10-24(17,23)29)13-3-6-18(26)30-12-13/h3,6,12,14-17,19-20,25,27,29H,4-5,7-11H2,1-2H3/t14?,15-,16-,17?,19?,20+,22+,23+,24+/m1/s1. The molecule has 3 N–H and O–H groups in total. The Hall–Kier alpha value is -1.50. The van der Waals surface area contributed by atoms with Crippen LogP contribution in [0.2, 0.25) is 0 Å². The van der Waals surface area contributed by atoms with Gasteiger partial charge in [-0.2, -0.15) is 0 Å². The Bertz CT molecular complexity index is 904. The molecule has 3 unspecified atom stereocenters. The largest absolute Gasteiger partial charge is 0.431 e. The number of ketones is 1. The Labute approximate surface area is 176 Å². The van der Waals surface area contributed by atoms with Gasteiger partial charge in [-0.3, -0.25) is 4.79 Å². The summed E-state index contributed by atoms with van der Waals surface area (Å²) >= 11 is 0. The number of aliphatic hydroxyl groups excluding tert-OH is 2. The zero-order chi connectivity index (χ0) is 21.5. The lowest BCUT2D eigenvalue weighted by atomic mass is 9.42. The number of carbonyl (C=O) groups is 1. The number of Topliss-reactive ketones (excluding diaryl/α,β-unsaturated/α-hetero) is 1. The summed E-state index contributed by atoms with van der Waals surface area (Å²) in [7, 11) is 0.